The highest BCUT2D eigenvalue weighted by atomic mass is 16.4. The van der Waals surface area contributed by atoms with E-state index in [4.69, 9.17) is 9.52 Å². The molecule has 0 aliphatic heterocycles. The van der Waals surface area contributed by atoms with Gasteiger partial charge in [-0.15, -0.1) is 0 Å². The zero-order chi connectivity index (χ0) is 11.7. The van der Waals surface area contributed by atoms with Crippen molar-refractivity contribution in [3.8, 4) is 0 Å². The van der Waals surface area contributed by atoms with Gasteiger partial charge in [0.2, 0.25) is 0 Å². The summed E-state index contributed by atoms with van der Waals surface area (Å²) in [6, 6.07) is 5.99. The molecule has 0 saturated carbocycles. The molecule has 0 atom stereocenters. The SMILES string of the molecule is Cc1ccc2c(CCC(=O)O)c(C)oc2c1. The normalized spacial score (nSPS) is 10.9. The lowest BCUT2D eigenvalue weighted by molar-refractivity contribution is -0.136. The summed E-state index contributed by atoms with van der Waals surface area (Å²) in [4.78, 5) is 10.6. The molecule has 0 fully saturated rings. The highest BCUT2D eigenvalue weighted by molar-refractivity contribution is 5.83. The Balaban J connectivity index is 2.43. The zero-order valence-corrected chi connectivity index (χ0v) is 9.41. The predicted molar refractivity (Wildman–Crippen MR) is 61.6 cm³/mol. The third-order valence-electron chi connectivity index (χ3n) is 2.74. The van der Waals surface area contributed by atoms with Gasteiger partial charge < -0.3 is 9.52 Å². The number of aliphatic carboxylic acids is 1. The Hall–Kier alpha value is -1.77. The van der Waals surface area contributed by atoms with E-state index in [-0.39, 0.29) is 6.42 Å². The molecular formula is C13H14O3. The first-order chi connectivity index (χ1) is 7.58. The van der Waals surface area contributed by atoms with E-state index in [0.717, 1.165) is 27.9 Å². The summed E-state index contributed by atoms with van der Waals surface area (Å²) in [5, 5.41) is 9.72. The van der Waals surface area contributed by atoms with Crippen LogP contribution in [0.3, 0.4) is 0 Å². The number of carboxylic acid groups (broad SMARTS) is 1. The summed E-state index contributed by atoms with van der Waals surface area (Å²) in [6.45, 7) is 3.89. The molecule has 2 aromatic rings. The van der Waals surface area contributed by atoms with Gasteiger partial charge in [-0.25, -0.2) is 0 Å². The Morgan fingerprint density at radius 2 is 2.12 bits per heavy atom. The van der Waals surface area contributed by atoms with E-state index >= 15 is 0 Å². The van der Waals surface area contributed by atoms with E-state index in [1.54, 1.807) is 0 Å². The van der Waals surface area contributed by atoms with Crippen LogP contribution < -0.4 is 0 Å². The zero-order valence-electron chi connectivity index (χ0n) is 9.41. The van der Waals surface area contributed by atoms with E-state index in [1.165, 1.54) is 0 Å². The summed E-state index contributed by atoms with van der Waals surface area (Å²) in [7, 11) is 0. The highest BCUT2D eigenvalue weighted by Gasteiger charge is 2.11. The fraction of sp³-hybridized carbons (Fsp3) is 0.308. The van der Waals surface area contributed by atoms with Crippen molar-refractivity contribution in [1.29, 1.82) is 0 Å². The quantitative estimate of drug-likeness (QED) is 0.861. The Labute approximate surface area is 93.7 Å². The Morgan fingerprint density at radius 3 is 2.81 bits per heavy atom. The van der Waals surface area contributed by atoms with E-state index in [1.807, 2.05) is 32.0 Å². The topological polar surface area (TPSA) is 50.4 Å². The summed E-state index contributed by atoms with van der Waals surface area (Å²) in [5.41, 5.74) is 3.00. The number of fused-ring (bicyclic) bond motifs is 1. The first-order valence-corrected chi connectivity index (χ1v) is 5.28. The van der Waals surface area contributed by atoms with Crippen LogP contribution in [0.5, 0.6) is 0 Å². The number of carboxylic acids is 1. The van der Waals surface area contributed by atoms with Crippen molar-refractivity contribution in [3.63, 3.8) is 0 Å². The standard InChI is InChI=1S/C13H14O3/c1-8-3-4-11-10(5-6-13(14)15)9(2)16-12(11)7-8/h3-4,7H,5-6H2,1-2H3,(H,14,15). The summed E-state index contributed by atoms with van der Waals surface area (Å²) < 4.78 is 5.62. The van der Waals surface area contributed by atoms with E-state index in [9.17, 15) is 4.79 Å². The van der Waals surface area contributed by atoms with Crippen molar-refractivity contribution in [2.45, 2.75) is 26.7 Å². The Kier molecular flexibility index (Phi) is 2.69. The first-order valence-electron chi connectivity index (χ1n) is 5.28. The van der Waals surface area contributed by atoms with Gasteiger partial charge in [0.25, 0.3) is 0 Å². The minimum atomic E-state index is -0.777. The monoisotopic (exact) mass is 218 g/mol. The lowest BCUT2D eigenvalue weighted by Gasteiger charge is -1.97. The molecule has 1 heterocycles. The Morgan fingerprint density at radius 1 is 1.38 bits per heavy atom. The molecular weight excluding hydrogens is 204 g/mol. The van der Waals surface area contributed by atoms with Crippen LogP contribution in [0.4, 0.5) is 0 Å². The largest absolute Gasteiger partial charge is 0.481 e. The minimum Gasteiger partial charge on any atom is -0.481 e. The minimum absolute atomic E-state index is 0.142. The highest BCUT2D eigenvalue weighted by Crippen LogP contribution is 2.27. The maximum atomic E-state index is 10.6. The molecule has 0 radical (unpaired) electrons. The molecule has 0 spiro atoms. The van der Waals surface area contributed by atoms with Gasteiger partial charge in [0.05, 0.1) is 0 Å². The van der Waals surface area contributed by atoms with E-state index < -0.39 is 5.97 Å². The van der Waals surface area contributed by atoms with Gasteiger partial charge >= 0.3 is 5.97 Å². The van der Waals surface area contributed by atoms with E-state index in [0.29, 0.717) is 6.42 Å². The number of carbonyl (C=O) groups is 1. The molecule has 0 unspecified atom stereocenters. The molecule has 2 rings (SSSR count). The van der Waals surface area contributed by atoms with Gasteiger partial charge in [-0.1, -0.05) is 12.1 Å². The van der Waals surface area contributed by atoms with Crippen LogP contribution >= 0.6 is 0 Å². The summed E-state index contributed by atoms with van der Waals surface area (Å²) in [5.74, 6) is 0.0442. The average Bonchev–Trinajstić information content (AvgIpc) is 2.50. The van der Waals surface area contributed by atoms with Crippen LogP contribution in [0, 0.1) is 13.8 Å². The van der Waals surface area contributed by atoms with Crippen molar-refractivity contribution in [3.05, 3.63) is 35.1 Å². The number of hydrogen-bond acceptors (Lipinski definition) is 2. The van der Waals surface area contributed by atoms with Crippen LogP contribution in [0.2, 0.25) is 0 Å². The molecule has 16 heavy (non-hydrogen) atoms. The fourth-order valence-electron chi connectivity index (χ4n) is 1.92. The molecule has 1 N–H and O–H groups in total. The Bertz CT molecular complexity index is 537. The van der Waals surface area contributed by atoms with Gasteiger partial charge in [0.15, 0.2) is 0 Å². The maximum Gasteiger partial charge on any atom is 0.303 e. The molecule has 84 valence electrons. The van der Waals surface area contributed by atoms with Crippen LogP contribution in [0.15, 0.2) is 22.6 Å². The molecule has 0 saturated heterocycles. The third kappa shape index (κ3) is 1.94. The second-order valence-electron chi connectivity index (χ2n) is 4.03. The molecule has 1 aromatic heterocycles. The van der Waals surface area contributed by atoms with Crippen molar-refractivity contribution in [2.24, 2.45) is 0 Å². The van der Waals surface area contributed by atoms with Gasteiger partial charge in [0.1, 0.15) is 11.3 Å². The van der Waals surface area contributed by atoms with Crippen LogP contribution in [-0.4, -0.2) is 11.1 Å². The molecule has 3 heteroatoms. The predicted octanol–water partition coefficient (Wildman–Crippen LogP) is 3.07. The van der Waals surface area contributed by atoms with Crippen molar-refractivity contribution in [1.82, 2.24) is 0 Å². The number of hydrogen-bond donors (Lipinski definition) is 1. The molecule has 0 aliphatic carbocycles. The van der Waals surface area contributed by atoms with Crippen molar-refractivity contribution < 1.29 is 14.3 Å². The molecule has 0 aliphatic rings. The smallest absolute Gasteiger partial charge is 0.303 e. The van der Waals surface area contributed by atoms with E-state index in [2.05, 4.69) is 0 Å². The second-order valence-corrected chi connectivity index (χ2v) is 4.03. The lowest BCUT2D eigenvalue weighted by atomic mass is 10.0. The van der Waals surface area contributed by atoms with Crippen LogP contribution in [0.1, 0.15) is 23.3 Å². The molecule has 3 nitrogen and oxygen atoms in total. The fourth-order valence-corrected chi connectivity index (χ4v) is 1.92. The van der Waals surface area contributed by atoms with Gasteiger partial charge in [0, 0.05) is 17.4 Å². The third-order valence-corrected chi connectivity index (χ3v) is 2.74. The van der Waals surface area contributed by atoms with Gasteiger partial charge in [-0.2, -0.15) is 0 Å². The van der Waals surface area contributed by atoms with Crippen LogP contribution in [-0.2, 0) is 11.2 Å². The average molecular weight is 218 g/mol. The van der Waals surface area contributed by atoms with Crippen molar-refractivity contribution in [2.75, 3.05) is 0 Å². The molecule has 0 amide bonds. The summed E-state index contributed by atoms with van der Waals surface area (Å²) in [6.07, 6.45) is 0.667. The maximum absolute atomic E-state index is 10.6. The first kappa shape index (κ1) is 10.7. The summed E-state index contributed by atoms with van der Waals surface area (Å²) >= 11 is 0. The number of aryl methyl sites for hydroxylation is 3. The lowest BCUT2D eigenvalue weighted by Crippen LogP contribution is -1.97. The van der Waals surface area contributed by atoms with Gasteiger partial charge in [-0.05, 0) is 31.9 Å². The van der Waals surface area contributed by atoms with Crippen LogP contribution in [0.25, 0.3) is 11.0 Å². The molecule has 0 bridgehead atoms. The molecule has 1 aromatic carbocycles. The second kappa shape index (κ2) is 4.00. The van der Waals surface area contributed by atoms with Crippen molar-refractivity contribution >= 4 is 16.9 Å². The van der Waals surface area contributed by atoms with Gasteiger partial charge in [-0.3, -0.25) is 4.79 Å². The number of furan rings is 1. The number of rotatable bonds is 3. The number of benzene rings is 1.